The van der Waals surface area contributed by atoms with E-state index >= 15 is 0 Å². The molecule has 1 N–H and O–H groups in total. The summed E-state index contributed by atoms with van der Waals surface area (Å²) in [5, 5.41) is 9.77. The molecule has 15 heavy (non-hydrogen) atoms. The molecule has 2 fully saturated rings. The lowest BCUT2D eigenvalue weighted by Gasteiger charge is -2.45. The minimum Gasteiger partial charge on any atom is -0.393 e. The van der Waals surface area contributed by atoms with Crippen molar-refractivity contribution in [3.8, 4) is 0 Å². The normalized spacial score (nSPS) is 42.4. The zero-order chi connectivity index (χ0) is 10.9. The first-order valence-corrected chi connectivity index (χ1v) is 6.43. The average molecular weight is 212 g/mol. The molecule has 1 aliphatic carbocycles. The van der Waals surface area contributed by atoms with E-state index in [2.05, 4.69) is 13.8 Å². The van der Waals surface area contributed by atoms with Gasteiger partial charge in [-0.25, -0.2) is 0 Å². The molecule has 0 aromatic carbocycles. The molecule has 0 aromatic heterocycles. The smallest absolute Gasteiger partial charge is 0.0709 e. The van der Waals surface area contributed by atoms with Gasteiger partial charge >= 0.3 is 0 Å². The molecule has 0 bridgehead atoms. The van der Waals surface area contributed by atoms with E-state index in [0.29, 0.717) is 0 Å². The van der Waals surface area contributed by atoms with Gasteiger partial charge in [0.2, 0.25) is 0 Å². The highest BCUT2D eigenvalue weighted by Crippen LogP contribution is 2.43. The molecule has 2 rings (SSSR count). The second kappa shape index (κ2) is 4.42. The minimum absolute atomic E-state index is 0.0326. The van der Waals surface area contributed by atoms with Crippen LogP contribution in [0.2, 0.25) is 0 Å². The maximum Gasteiger partial charge on any atom is 0.0709 e. The van der Waals surface area contributed by atoms with E-state index in [1.165, 1.54) is 19.3 Å². The summed E-state index contributed by atoms with van der Waals surface area (Å²) in [5.41, 5.74) is 0.0326. The topological polar surface area (TPSA) is 29.5 Å². The Labute approximate surface area is 93.0 Å². The molecule has 1 saturated heterocycles. The van der Waals surface area contributed by atoms with Crippen LogP contribution >= 0.6 is 0 Å². The maximum atomic E-state index is 9.77. The predicted octanol–water partition coefficient (Wildman–Crippen LogP) is 2.74. The van der Waals surface area contributed by atoms with Crippen LogP contribution in [0.5, 0.6) is 0 Å². The average Bonchev–Trinajstić information content (AvgIpc) is 2.17. The summed E-state index contributed by atoms with van der Waals surface area (Å²) in [6.45, 7) is 5.37. The summed E-state index contributed by atoms with van der Waals surface area (Å²) in [4.78, 5) is 0. The van der Waals surface area contributed by atoms with Gasteiger partial charge in [-0.3, -0.25) is 0 Å². The lowest BCUT2D eigenvalue weighted by Crippen LogP contribution is -2.46. The summed E-state index contributed by atoms with van der Waals surface area (Å²) in [5.74, 6) is 1.55. The van der Waals surface area contributed by atoms with Gasteiger partial charge in [-0.05, 0) is 37.5 Å². The van der Waals surface area contributed by atoms with Crippen LogP contribution < -0.4 is 0 Å². The van der Waals surface area contributed by atoms with E-state index in [0.717, 1.165) is 37.7 Å². The summed E-state index contributed by atoms with van der Waals surface area (Å²) in [7, 11) is 0. The van der Waals surface area contributed by atoms with Crippen molar-refractivity contribution in [1.29, 1.82) is 0 Å². The van der Waals surface area contributed by atoms with Gasteiger partial charge in [0.15, 0.2) is 0 Å². The zero-order valence-electron chi connectivity index (χ0n) is 10.0. The largest absolute Gasteiger partial charge is 0.393 e. The van der Waals surface area contributed by atoms with Crippen LogP contribution in [0, 0.1) is 11.8 Å². The fourth-order valence-corrected chi connectivity index (χ4v) is 3.26. The summed E-state index contributed by atoms with van der Waals surface area (Å²) in [6, 6.07) is 0. The SMILES string of the molecule is CC(C)C1CCCC2(CC(O)CCO2)C1. The molecule has 2 aliphatic rings. The molecule has 2 heteroatoms. The second-order valence-corrected chi connectivity index (χ2v) is 5.78. The molecular weight excluding hydrogens is 188 g/mol. The monoisotopic (exact) mass is 212 g/mol. The molecule has 1 spiro atoms. The predicted molar refractivity (Wildman–Crippen MR) is 60.7 cm³/mol. The van der Waals surface area contributed by atoms with Gasteiger partial charge in [-0.2, -0.15) is 0 Å². The lowest BCUT2D eigenvalue weighted by molar-refractivity contribution is -0.146. The van der Waals surface area contributed by atoms with E-state index in [4.69, 9.17) is 4.74 Å². The van der Waals surface area contributed by atoms with E-state index in [1.54, 1.807) is 0 Å². The molecule has 0 radical (unpaired) electrons. The van der Waals surface area contributed by atoms with Gasteiger partial charge in [-0.1, -0.05) is 20.3 Å². The summed E-state index contributed by atoms with van der Waals surface area (Å²) in [6.07, 6.45) is 6.53. The molecular formula is C13H24O2. The molecule has 88 valence electrons. The summed E-state index contributed by atoms with van der Waals surface area (Å²) < 4.78 is 6.00. The Kier molecular flexibility index (Phi) is 3.36. The first-order chi connectivity index (χ1) is 7.11. The van der Waals surface area contributed by atoms with Crippen molar-refractivity contribution >= 4 is 0 Å². The third-order valence-corrected chi connectivity index (χ3v) is 4.25. The number of hydrogen-bond acceptors (Lipinski definition) is 2. The van der Waals surface area contributed by atoms with Gasteiger partial charge in [-0.15, -0.1) is 0 Å². The molecule has 1 aliphatic heterocycles. The van der Waals surface area contributed by atoms with Gasteiger partial charge in [0.1, 0.15) is 0 Å². The highest BCUT2D eigenvalue weighted by Gasteiger charge is 2.41. The van der Waals surface area contributed by atoms with Crippen LogP contribution in [0.1, 0.15) is 52.4 Å². The first-order valence-electron chi connectivity index (χ1n) is 6.43. The first kappa shape index (κ1) is 11.4. The Hall–Kier alpha value is -0.0800. The Balaban J connectivity index is 2.01. The Morgan fingerprint density at radius 3 is 2.73 bits per heavy atom. The van der Waals surface area contributed by atoms with Crippen LogP contribution in [-0.2, 0) is 4.74 Å². The molecule has 1 saturated carbocycles. The van der Waals surface area contributed by atoms with Crippen molar-refractivity contribution in [2.75, 3.05) is 6.61 Å². The van der Waals surface area contributed by atoms with Crippen molar-refractivity contribution in [2.45, 2.75) is 64.1 Å². The van der Waals surface area contributed by atoms with Crippen molar-refractivity contribution in [1.82, 2.24) is 0 Å². The highest BCUT2D eigenvalue weighted by molar-refractivity contribution is 4.93. The van der Waals surface area contributed by atoms with Crippen LogP contribution in [0.25, 0.3) is 0 Å². The fraction of sp³-hybridized carbons (Fsp3) is 1.00. The van der Waals surface area contributed by atoms with Crippen molar-refractivity contribution < 1.29 is 9.84 Å². The zero-order valence-corrected chi connectivity index (χ0v) is 10.0. The van der Waals surface area contributed by atoms with Crippen LogP contribution in [0.4, 0.5) is 0 Å². The number of aliphatic hydroxyl groups is 1. The Bertz CT molecular complexity index is 211. The number of ether oxygens (including phenoxy) is 1. The number of hydrogen-bond donors (Lipinski definition) is 1. The number of aliphatic hydroxyl groups excluding tert-OH is 1. The minimum atomic E-state index is -0.121. The lowest BCUT2D eigenvalue weighted by atomic mass is 9.70. The van der Waals surface area contributed by atoms with E-state index in [-0.39, 0.29) is 11.7 Å². The van der Waals surface area contributed by atoms with Crippen LogP contribution in [-0.4, -0.2) is 23.4 Å². The molecule has 0 amide bonds. The molecule has 2 nitrogen and oxygen atoms in total. The maximum absolute atomic E-state index is 9.77. The fourth-order valence-electron chi connectivity index (χ4n) is 3.26. The summed E-state index contributed by atoms with van der Waals surface area (Å²) >= 11 is 0. The van der Waals surface area contributed by atoms with E-state index in [1.807, 2.05) is 0 Å². The molecule has 1 heterocycles. The van der Waals surface area contributed by atoms with Crippen molar-refractivity contribution in [2.24, 2.45) is 11.8 Å². The standard InChI is InChI=1S/C13H24O2/c1-10(2)11-4-3-6-13(8-11)9-12(14)5-7-15-13/h10-12,14H,3-9H2,1-2H3. The number of rotatable bonds is 1. The van der Waals surface area contributed by atoms with Gasteiger partial charge < -0.3 is 9.84 Å². The Morgan fingerprint density at radius 1 is 1.27 bits per heavy atom. The van der Waals surface area contributed by atoms with Crippen molar-refractivity contribution in [3.63, 3.8) is 0 Å². The molecule has 3 unspecified atom stereocenters. The van der Waals surface area contributed by atoms with Gasteiger partial charge in [0.05, 0.1) is 11.7 Å². The van der Waals surface area contributed by atoms with Crippen LogP contribution in [0.15, 0.2) is 0 Å². The Morgan fingerprint density at radius 2 is 2.07 bits per heavy atom. The van der Waals surface area contributed by atoms with Gasteiger partial charge in [0.25, 0.3) is 0 Å². The van der Waals surface area contributed by atoms with Crippen molar-refractivity contribution in [3.05, 3.63) is 0 Å². The molecule has 3 atom stereocenters. The second-order valence-electron chi connectivity index (χ2n) is 5.78. The van der Waals surface area contributed by atoms with E-state index < -0.39 is 0 Å². The molecule has 0 aromatic rings. The third kappa shape index (κ3) is 2.54. The quantitative estimate of drug-likeness (QED) is 0.724. The van der Waals surface area contributed by atoms with E-state index in [9.17, 15) is 5.11 Å². The highest BCUT2D eigenvalue weighted by atomic mass is 16.5. The van der Waals surface area contributed by atoms with Crippen LogP contribution in [0.3, 0.4) is 0 Å². The van der Waals surface area contributed by atoms with Gasteiger partial charge in [0, 0.05) is 13.0 Å². The third-order valence-electron chi connectivity index (χ3n) is 4.25.